The Bertz CT molecular complexity index is 382. The van der Waals surface area contributed by atoms with Crippen LogP contribution >= 0.6 is 0 Å². The Hall–Kier alpha value is -1.81. The molecular weight excluding hydrogens is 196 g/mol. The number of carbonyl (C=O) groups excluding carboxylic acids is 1. The maximum absolute atomic E-state index is 11.0. The summed E-state index contributed by atoms with van der Waals surface area (Å²) in [5.74, 6) is -0.620. The lowest BCUT2D eigenvalue weighted by molar-refractivity contribution is -0.115. The minimum Gasteiger partial charge on any atom is -0.504 e. The van der Waals surface area contributed by atoms with Gasteiger partial charge in [0.25, 0.3) is 0 Å². The molecule has 0 spiro atoms. The van der Waals surface area contributed by atoms with Crippen molar-refractivity contribution in [3.8, 4) is 11.5 Å². The molecule has 0 heterocycles. The fraction of sp³-hybridized carbons (Fsp3) is 0.182. The Labute approximate surface area is 87.1 Å². The minimum atomic E-state index is -0.230. The van der Waals surface area contributed by atoms with E-state index >= 15 is 0 Å². The van der Waals surface area contributed by atoms with Crippen LogP contribution in [0, 0.1) is 0 Å². The molecular formula is C11H12O4. The summed E-state index contributed by atoms with van der Waals surface area (Å²) in [6.45, 7) is -0.177. The van der Waals surface area contributed by atoms with E-state index in [1.165, 1.54) is 24.3 Å². The van der Waals surface area contributed by atoms with Gasteiger partial charge < -0.3 is 15.3 Å². The van der Waals surface area contributed by atoms with Gasteiger partial charge in [-0.25, -0.2) is 0 Å². The second kappa shape index (κ2) is 5.17. The Balaban J connectivity index is 2.72. The standard InChI is InChI=1S/C11H12O4/c12-6-5-9(13)3-1-8-2-4-10(14)11(15)7-8/h1-4,7,12,14-15H,5-6H2/b3-1+. The summed E-state index contributed by atoms with van der Waals surface area (Å²) in [6.07, 6.45) is 2.92. The van der Waals surface area contributed by atoms with Crippen molar-refractivity contribution in [3.05, 3.63) is 29.8 Å². The summed E-state index contributed by atoms with van der Waals surface area (Å²) in [5.41, 5.74) is 0.608. The zero-order valence-corrected chi connectivity index (χ0v) is 8.05. The third-order valence-electron chi connectivity index (χ3n) is 1.82. The van der Waals surface area contributed by atoms with Crippen molar-refractivity contribution in [1.82, 2.24) is 0 Å². The van der Waals surface area contributed by atoms with Crippen molar-refractivity contribution in [2.75, 3.05) is 6.61 Å². The van der Waals surface area contributed by atoms with Crippen LogP contribution in [0.1, 0.15) is 12.0 Å². The topological polar surface area (TPSA) is 77.8 Å². The highest BCUT2D eigenvalue weighted by Gasteiger charge is 1.99. The van der Waals surface area contributed by atoms with E-state index in [9.17, 15) is 4.79 Å². The first-order valence-corrected chi connectivity index (χ1v) is 4.47. The second-order valence-corrected chi connectivity index (χ2v) is 3.02. The number of ketones is 1. The van der Waals surface area contributed by atoms with Crippen LogP contribution in [0.4, 0.5) is 0 Å². The summed E-state index contributed by atoms with van der Waals surface area (Å²) >= 11 is 0. The summed E-state index contributed by atoms with van der Waals surface area (Å²) in [7, 11) is 0. The van der Waals surface area contributed by atoms with E-state index in [1.54, 1.807) is 6.07 Å². The van der Waals surface area contributed by atoms with Gasteiger partial charge >= 0.3 is 0 Å². The van der Waals surface area contributed by atoms with Crippen LogP contribution in [-0.4, -0.2) is 27.7 Å². The molecule has 1 aromatic rings. The largest absolute Gasteiger partial charge is 0.504 e. The molecule has 4 heteroatoms. The molecule has 15 heavy (non-hydrogen) atoms. The molecule has 4 nitrogen and oxygen atoms in total. The Kier molecular flexibility index (Phi) is 3.88. The predicted octanol–water partition coefficient (Wildman–Crippen LogP) is 1.06. The highest BCUT2D eigenvalue weighted by molar-refractivity contribution is 5.93. The van der Waals surface area contributed by atoms with E-state index in [4.69, 9.17) is 15.3 Å². The molecule has 1 rings (SSSR count). The quantitative estimate of drug-likeness (QED) is 0.510. The van der Waals surface area contributed by atoms with E-state index in [0.29, 0.717) is 5.56 Å². The maximum Gasteiger partial charge on any atom is 0.157 e. The molecule has 80 valence electrons. The lowest BCUT2D eigenvalue weighted by Gasteiger charge is -1.98. The molecule has 3 N–H and O–H groups in total. The molecule has 0 aliphatic rings. The highest BCUT2D eigenvalue weighted by Crippen LogP contribution is 2.25. The Morgan fingerprint density at radius 1 is 1.27 bits per heavy atom. The van der Waals surface area contributed by atoms with Crippen LogP contribution < -0.4 is 0 Å². The van der Waals surface area contributed by atoms with Crippen molar-refractivity contribution < 1.29 is 20.1 Å². The van der Waals surface area contributed by atoms with Gasteiger partial charge in [0, 0.05) is 6.42 Å². The van der Waals surface area contributed by atoms with Crippen molar-refractivity contribution >= 4 is 11.9 Å². The molecule has 0 amide bonds. The van der Waals surface area contributed by atoms with Crippen LogP contribution in [0.3, 0.4) is 0 Å². The number of carbonyl (C=O) groups is 1. The lowest BCUT2D eigenvalue weighted by atomic mass is 10.1. The molecule has 0 aromatic heterocycles. The fourth-order valence-electron chi connectivity index (χ4n) is 1.03. The molecule has 0 saturated heterocycles. The van der Waals surface area contributed by atoms with Crippen molar-refractivity contribution in [2.24, 2.45) is 0 Å². The predicted molar refractivity (Wildman–Crippen MR) is 55.5 cm³/mol. The normalized spacial score (nSPS) is 10.7. The average molecular weight is 208 g/mol. The second-order valence-electron chi connectivity index (χ2n) is 3.02. The third kappa shape index (κ3) is 3.44. The number of allylic oxidation sites excluding steroid dienone is 1. The van der Waals surface area contributed by atoms with Gasteiger partial charge in [-0.1, -0.05) is 12.1 Å². The number of aliphatic hydroxyl groups excluding tert-OH is 1. The summed E-state index contributed by atoms with van der Waals surface area (Å²) < 4.78 is 0. The molecule has 0 saturated carbocycles. The van der Waals surface area contributed by atoms with Crippen LogP contribution in [-0.2, 0) is 4.79 Å². The average Bonchev–Trinajstić information content (AvgIpc) is 2.20. The van der Waals surface area contributed by atoms with Gasteiger partial charge in [-0.2, -0.15) is 0 Å². The maximum atomic E-state index is 11.0. The minimum absolute atomic E-state index is 0.0839. The number of hydrogen-bond acceptors (Lipinski definition) is 4. The summed E-state index contributed by atoms with van der Waals surface area (Å²) in [6, 6.07) is 4.25. The van der Waals surface area contributed by atoms with Gasteiger partial charge in [-0.05, 0) is 23.8 Å². The van der Waals surface area contributed by atoms with E-state index in [2.05, 4.69) is 0 Å². The Morgan fingerprint density at radius 3 is 2.60 bits per heavy atom. The molecule has 0 unspecified atom stereocenters. The number of benzene rings is 1. The van der Waals surface area contributed by atoms with E-state index < -0.39 is 0 Å². The zero-order chi connectivity index (χ0) is 11.3. The number of aliphatic hydroxyl groups is 1. The molecule has 0 atom stereocenters. The molecule has 0 radical (unpaired) electrons. The zero-order valence-electron chi connectivity index (χ0n) is 8.05. The number of phenols is 2. The summed E-state index contributed by atoms with van der Waals surface area (Å²) in [5, 5.41) is 26.7. The molecule has 0 aliphatic carbocycles. The fourth-order valence-corrected chi connectivity index (χ4v) is 1.03. The summed E-state index contributed by atoms with van der Waals surface area (Å²) in [4.78, 5) is 11.0. The SMILES string of the molecule is O=C(/C=C/c1ccc(O)c(O)c1)CCO. The monoisotopic (exact) mass is 208 g/mol. The Morgan fingerprint density at radius 2 is 2.00 bits per heavy atom. The molecule has 0 bridgehead atoms. The first-order valence-electron chi connectivity index (χ1n) is 4.47. The first kappa shape index (κ1) is 11.3. The number of aromatic hydroxyl groups is 2. The van der Waals surface area contributed by atoms with Crippen LogP contribution in [0.2, 0.25) is 0 Å². The number of phenolic OH excluding ortho intramolecular Hbond substituents is 2. The first-order chi connectivity index (χ1) is 7.13. The van der Waals surface area contributed by atoms with Crippen molar-refractivity contribution in [3.63, 3.8) is 0 Å². The van der Waals surface area contributed by atoms with Gasteiger partial charge in [0.15, 0.2) is 17.3 Å². The van der Waals surface area contributed by atoms with Gasteiger partial charge in [-0.3, -0.25) is 4.79 Å². The lowest BCUT2D eigenvalue weighted by Crippen LogP contribution is -1.95. The van der Waals surface area contributed by atoms with Crippen molar-refractivity contribution in [1.29, 1.82) is 0 Å². The molecule has 0 aliphatic heterocycles. The van der Waals surface area contributed by atoms with Crippen LogP contribution in [0.25, 0.3) is 6.08 Å². The van der Waals surface area contributed by atoms with Crippen molar-refractivity contribution in [2.45, 2.75) is 6.42 Å². The van der Waals surface area contributed by atoms with Gasteiger partial charge in [0.2, 0.25) is 0 Å². The van der Waals surface area contributed by atoms with E-state index in [1.807, 2.05) is 0 Å². The van der Waals surface area contributed by atoms with Gasteiger partial charge in [0.05, 0.1) is 6.61 Å². The van der Waals surface area contributed by atoms with Crippen LogP contribution in [0.15, 0.2) is 24.3 Å². The molecule has 1 aromatic carbocycles. The highest BCUT2D eigenvalue weighted by atomic mass is 16.3. The smallest absolute Gasteiger partial charge is 0.157 e. The third-order valence-corrected chi connectivity index (χ3v) is 1.82. The van der Waals surface area contributed by atoms with E-state index in [0.717, 1.165) is 0 Å². The van der Waals surface area contributed by atoms with E-state index in [-0.39, 0.29) is 30.3 Å². The molecule has 0 fully saturated rings. The van der Waals surface area contributed by atoms with Gasteiger partial charge in [-0.15, -0.1) is 0 Å². The van der Waals surface area contributed by atoms with Gasteiger partial charge in [0.1, 0.15) is 0 Å². The number of rotatable bonds is 4. The van der Waals surface area contributed by atoms with Crippen LogP contribution in [0.5, 0.6) is 11.5 Å². The number of hydrogen-bond donors (Lipinski definition) is 3.